The molecule has 0 aromatic heterocycles. The summed E-state index contributed by atoms with van der Waals surface area (Å²) >= 11 is 0. The molecule has 0 heterocycles. The third-order valence-electron chi connectivity index (χ3n) is 10.6. The van der Waals surface area contributed by atoms with Gasteiger partial charge in [-0.25, -0.2) is 0 Å². The molecule has 4 nitrogen and oxygen atoms in total. The third kappa shape index (κ3) is 3.90. The summed E-state index contributed by atoms with van der Waals surface area (Å²) in [7, 11) is 0. The summed E-state index contributed by atoms with van der Waals surface area (Å²) in [5, 5.41) is 30.6. The molecule has 176 valence electrons. The van der Waals surface area contributed by atoms with Crippen molar-refractivity contribution in [1.82, 2.24) is 0 Å². The van der Waals surface area contributed by atoms with E-state index in [9.17, 15) is 15.0 Å². The summed E-state index contributed by atoms with van der Waals surface area (Å²) < 4.78 is 0. The lowest BCUT2D eigenvalue weighted by Gasteiger charge is -2.59. The lowest BCUT2D eigenvalue weighted by Crippen LogP contribution is -2.54. The Balaban J connectivity index is 1.48. The molecule has 4 heteroatoms. The van der Waals surface area contributed by atoms with E-state index in [1.807, 2.05) is 6.92 Å². The molecule has 3 N–H and O–H groups in total. The highest BCUT2D eigenvalue weighted by Crippen LogP contribution is 2.67. The van der Waals surface area contributed by atoms with Gasteiger partial charge in [-0.1, -0.05) is 52.2 Å². The van der Waals surface area contributed by atoms with Crippen LogP contribution in [0.5, 0.6) is 0 Å². The molecule has 4 aliphatic rings. The first-order valence-corrected chi connectivity index (χ1v) is 12.9. The first-order valence-electron chi connectivity index (χ1n) is 12.9. The number of carbonyl (C=O) groups is 1. The van der Waals surface area contributed by atoms with E-state index < -0.39 is 5.97 Å². The Morgan fingerprint density at radius 1 is 1.06 bits per heavy atom. The molecule has 31 heavy (non-hydrogen) atoms. The summed E-state index contributed by atoms with van der Waals surface area (Å²) in [4.78, 5) is 11.1. The molecule has 3 saturated carbocycles. The maximum atomic E-state index is 11.3. The van der Waals surface area contributed by atoms with Gasteiger partial charge in [0.05, 0.1) is 18.1 Å². The van der Waals surface area contributed by atoms with Crippen molar-refractivity contribution in [1.29, 1.82) is 0 Å². The molecular formula is C27H44O4. The van der Waals surface area contributed by atoms with Gasteiger partial charge in [0.15, 0.2) is 0 Å². The van der Waals surface area contributed by atoms with Gasteiger partial charge in [-0.15, -0.1) is 0 Å². The normalized spacial score (nSPS) is 46.3. The number of carboxylic acids is 1. The molecule has 0 aromatic carbocycles. The van der Waals surface area contributed by atoms with Gasteiger partial charge in [0.2, 0.25) is 0 Å². The Hall–Kier alpha value is -0.870. The molecule has 10 atom stereocenters. The van der Waals surface area contributed by atoms with E-state index in [1.54, 1.807) is 0 Å². The third-order valence-corrected chi connectivity index (χ3v) is 10.6. The molecular weight excluding hydrogens is 388 g/mol. The minimum absolute atomic E-state index is 0.154. The van der Waals surface area contributed by atoms with Gasteiger partial charge in [0, 0.05) is 0 Å². The maximum Gasteiger partial charge on any atom is 0.306 e. The van der Waals surface area contributed by atoms with Crippen LogP contribution in [0.1, 0.15) is 91.9 Å². The van der Waals surface area contributed by atoms with E-state index in [2.05, 4.69) is 26.8 Å². The van der Waals surface area contributed by atoms with E-state index in [0.717, 1.165) is 38.5 Å². The van der Waals surface area contributed by atoms with Crippen LogP contribution >= 0.6 is 0 Å². The van der Waals surface area contributed by atoms with Crippen molar-refractivity contribution in [2.75, 3.05) is 0 Å². The molecule has 0 aromatic rings. The number of rotatable bonds is 6. The van der Waals surface area contributed by atoms with Crippen molar-refractivity contribution < 1.29 is 20.1 Å². The predicted octanol–water partition coefficient (Wildman–Crippen LogP) is 5.42. The van der Waals surface area contributed by atoms with Gasteiger partial charge < -0.3 is 15.3 Å². The molecule has 0 spiro atoms. The number of aliphatic hydroxyl groups excluding tert-OH is 2. The lowest BCUT2D eigenvalue weighted by atomic mass is 9.46. The van der Waals surface area contributed by atoms with Crippen molar-refractivity contribution in [3.05, 3.63) is 11.6 Å². The van der Waals surface area contributed by atoms with E-state index in [0.29, 0.717) is 29.6 Å². The zero-order valence-electron chi connectivity index (χ0n) is 20.0. The standard InChI is InChI=1S/C27H44O4/c1-16(6-5-7-17(2)25(30)31)20-8-9-21-24-22(11-13-27(20,21)4)26(3)12-10-19(28)14-18(26)15-23(24)29/h15-17,19-24,28-29H,5-14H2,1-4H3,(H,30,31)/t16-,17-,19+,20-,21+,22+,23+,24+,26+,27-/m1/s1. The number of fused-ring (bicyclic) bond motifs is 5. The van der Waals surface area contributed by atoms with Crippen LogP contribution < -0.4 is 0 Å². The van der Waals surface area contributed by atoms with Crippen LogP contribution in [0.2, 0.25) is 0 Å². The van der Waals surface area contributed by atoms with Crippen molar-refractivity contribution in [2.24, 2.45) is 46.3 Å². The molecule has 0 radical (unpaired) electrons. The van der Waals surface area contributed by atoms with Crippen LogP contribution in [0, 0.1) is 46.3 Å². The highest BCUT2D eigenvalue weighted by Gasteiger charge is 2.61. The van der Waals surface area contributed by atoms with Crippen LogP contribution in [0.25, 0.3) is 0 Å². The minimum Gasteiger partial charge on any atom is -0.481 e. The van der Waals surface area contributed by atoms with Gasteiger partial charge in [0.25, 0.3) is 0 Å². The maximum absolute atomic E-state index is 11.3. The van der Waals surface area contributed by atoms with Gasteiger partial charge in [-0.2, -0.15) is 0 Å². The summed E-state index contributed by atoms with van der Waals surface area (Å²) in [5.41, 5.74) is 1.76. The van der Waals surface area contributed by atoms with Gasteiger partial charge in [-0.05, 0) is 91.8 Å². The fraction of sp³-hybridized carbons (Fsp3) is 0.889. The molecule has 4 rings (SSSR count). The highest BCUT2D eigenvalue weighted by atomic mass is 16.4. The number of aliphatic hydroxyl groups is 2. The minimum atomic E-state index is -0.679. The van der Waals surface area contributed by atoms with Gasteiger partial charge in [-0.3, -0.25) is 4.79 Å². The second kappa shape index (κ2) is 8.48. The second-order valence-electron chi connectivity index (χ2n) is 12.2. The highest BCUT2D eigenvalue weighted by molar-refractivity contribution is 5.69. The summed E-state index contributed by atoms with van der Waals surface area (Å²) in [5.74, 6) is 1.83. The Kier molecular flexibility index (Phi) is 6.37. The fourth-order valence-corrected chi connectivity index (χ4v) is 8.68. The predicted molar refractivity (Wildman–Crippen MR) is 122 cm³/mol. The van der Waals surface area contributed by atoms with E-state index in [4.69, 9.17) is 5.11 Å². The topological polar surface area (TPSA) is 77.8 Å². The first-order chi connectivity index (χ1) is 14.6. The Morgan fingerprint density at radius 3 is 2.52 bits per heavy atom. The lowest BCUT2D eigenvalue weighted by molar-refractivity contribution is -0.141. The fourth-order valence-electron chi connectivity index (χ4n) is 8.68. The Labute approximate surface area is 188 Å². The van der Waals surface area contributed by atoms with Gasteiger partial charge >= 0.3 is 5.97 Å². The second-order valence-corrected chi connectivity index (χ2v) is 12.2. The summed E-state index contributed by atoms with van der Waals surface area (Å²) in [6.07, 6.45) is 12.0. The molecule has 3 fully saturated rings. The number of aliphatic carboxylic acids is 1. The SMILES string of the molecule is C[C@H](CCC[C@@H](C)[C@H]1CC[C@H]2[C@@H]3[C@@H](O)C=C4C[C@@H](O)CC[C@]4(C)[C@H]3CC[C@]12C)C(=O)O. The molecule has 4 aliphatic carbocycles. The van der Waals surface area contributed by atoms with Crippen molar-refractivity contribution in [3.63, 3.8) is 0 Å². The molecule has 0 amide bonds. The van der Waals surface area contributed by atoms with Crippen LogP contribution in [0.4, 0.5) is 0 Å². The zero-order valence-corrected chi connectivity index (χ0v) is 20.0. The Bertz CT molecular complexity index is 716. The van der Waals surface area contributed by atoms with Crippen LogP contribution in [-0.4, -0.2) is 33.5 Å². The molecule has 0 saturated heterocycles. The van der Waals surface area contributed by atoms with Crippen LogP contribution in [0.15, 0.2) is 11.6 Å². The molecule has 0 bridgehead atoms. The smallest absolute Gasteiger partial charge is 0.306 e. The summed E-state index contributed by atoms with van der Waals surface area (Å²) in [6, 6.07) is 0. The van der Waals surface area contributed by atoms with Crippen molar-refractivity contribution >= 4 is 5.97 Å². The van der Waals surface area contributed by atoms with Crippen LogP contribution in [0.3, 0.4) is 0 Å². The number of hydrogen-bond donors (Lipinski definition) is 3. The number of hydrogen-bond acceptors (Lipinski definition) is 3. The average molecular weight is 433 g/mol. The zero-order chi connectivity index (χ0) is 22.6. The van der Waals surface area contributed by atoms with Crippen molar-refractivity contribution in [3.8, 4) is 0 Å². The van der Waals surface area contributed by atoms with Crippen molar-refractivity contribution in [2.45, 2.75) is 104 Å². The monoisotopic (exact) mass is 432 g/mol. The van der Waals surface area contributed by atoms with E-state index >= 15 is 0 Å². The Morgan fingerprint density at radius 2 is 1.81 bits per heavy atom. The largest absolute Gasteiger partial charge is 0.481 e. The van der Waals surface area contributed by atoms with Gasteiger partial charge in [0.1, 0.15) is 0 Å². The molecule has 0 aliphatic heterocycles. The van der Waals surface area contributed by atoms with Crippen LogP contribution in [-0.2, 0) is 4.79 Å². The summed E-state index contributed by atoms with van der Waals surface area (Å²) in [6.45, 7) is 9.11. The first kappa shape index (κ1) is 23.3. The number of carboxylic acid groups (broad SMARTS) is 1. The average Bonchev–Trinajstić information content (AvgIpc) is 3.06. The quantitative estimate of drug-likeness (QED) is 0.490. The van der Waals surface area contributed by atoms with E-state index in [1.165, 1.54) is 31.3 Å². The van der Waals surface area contributed by atoms with E-state index in [-0.39, 0.29) is 29.0 Å². The molecule has 0 unspecified atom stereocenters.